The van der Waals surface area contributed by atoms with E-state index in [0.717, 1.165) is 85.0 Å². The molecule has 4 aromatic heterocycles. The number of rotatable bonds is 10. The molecule has 4 saturated carbocycles. The van der Waals surface area contributed by atoms with E-state index in [1.165, 1.54) is 47.9 Å². The molecule has 4 heterocycles. The lowest BCUT2D eigenvalue weighted by Crippen LogP contribution is -2.21. The summed E-state index contributed by atoms with van der Waals surface area (Å²) >= 11 is 0. The van der Waals surface area contributed by atoms with Crippen LogP contribution in [0.4, 0.5) is 0 Å². The Kier molecular flexibility index (Phi) is 10.6. The van der Waals surface area contributed by atoms with Crippen molar-refractivity contribution in [3.63, 3.8) is 0 Å². The third-order valence-corrected chi connectivity index (χ3v) is 13.5. The number of nitrogens with zero attached hydrogens (tertiary/aromatic N) is 4. The van der Waals surface area contributed by atoms with Gasteiger partial charge < -0.3 is 28.5 Å². The van der Waals surface area contributed by atoms with Crippen LogP contribution in [-0.4, -0.2) is 43.2 Å². The van der Waals surface area contributed by atoms with E-state index < -0.39 is 12.2 Å². The highest BCUT2D eigenvalue weighted by atomic mass is 16.5. The van der Waals surface area contributed by atoms with Crippen LogP contribution in [0.1, 0.15) is 146 Å². The topological polar surface area (TPSA) is 93.5 Å². The summed E-state index contributed by atoms with van der Waals surface area (Å²) in [7, 11) is 3.45. The van der Waals surface area contributed by atoms with Crippen LogP contribution in [0.15, 0.2) is 98.1 Å². The number of ether oxygens (including phenoxy) is 2. The van der Waals surface area contributed by atoms with Crippen molar-refractivity contribution in [2.24, 2.45) is 11.8 Å². The summed E-state index contributed by atoms with van der Waals surface area (Å²) in [6, 6.07) is 21.3. The number of hydrogen-bond acceptors (Lipinski definition) is 6. The maximum Gasteiger partial charge on any atom is 0.119 e. The summed E-state index contributed by atoms with van der Waals surface area (Å²) < 4.78 is 14.9. The zero-order valence-corrected chi connectivity index (χ0v) is 32.8. The first-order valence-electron chi connectivity index (χ1n) is 21.0. The van der Waals surface area contributed by atoms with E-state index >= 15 is 0 Å². The molecular weight excluding hydrogens is 697 g/mol. The Morgan fingerprint density at radius 3 is 1.30 bits per heavy atom. The van der Waals surface area contributed by atoms with Gasteiger partial charge in [0.25, 0.3) is 0 Å². The first-order valence-corrected chi connectivity index (χ1v) is 21.0. The normalized spacial score (nSPS) is 23.6. The SMILES string of the molecule is COc1cccc(C2CCC([C@@H](O)c3c(C4CC4)ccn4cncc34)CC2)c1.COc1cccc(C2CCC([C@H](O)c3c(C4CC4)ccn4cncc34)CC2)c1. The van der Waals surface area contributed by atoms with Crippen LogP contribution in [-0.2, 0) is 0 Å². The Morgan fingerprint density at radius 2 is 0.929 bits per heavy atom. The minimum Gasteiger partial charge on any atom is -0.497 e. The van der Waals surface area contributed by atoms with Gasteiger partial charge >= 0.3 is 0 Å². The molecule has 56 heavy (non-hydrogen) atoms. The zero-order valence-electron chi connectivity index (χ0n) is 32.8. The largest absolute Gasteiger partial charge is 0.497 e. The molecule has 8 nitrogen and oxygen atoms in total. The van der Waals surface area contributed by atoms with Crippen molar-refractivity contribution in [3.05, 3.63) is 131 Å². The van der Waals surface area contributed by atoms with Gasteiger partial charge in [-0.25, -0.2) is 9.97 Å². The molecule has 0 bridgehead atoms. The average Bonchev–Trinajstić information content (AvgIpc) is 4.19. The molecular formula is C48H56N4O4. The summed E-state index contributed by atoms with van der Waals surface area (Å²) in [5.74, 6) is 4.87. The summed E-state index contributed by atoms with van der Waals surface area (Å²) in [4.78, 5) is 8.64. The minimum atomic E-state index is -0.401. The number of hydrogen-bond donors (Lipinski definition) is 2. The molecule has 292 valence electrons. The van der Waals surface area contributed by atoms with Crippen LogP contribution in [0, 0.1) is 11.8 Å². The Hall–Kier alpha value is -4.66. The van der Waals surface area contributed by atoms with E-state index in [1.807, 2.05) is 46.0 Å². The van der Waals surface area contributed by atoms with Gasteiger partial charge in [-0.05, 0) is 171 Å². The fourth-order valence-corrected chi connectivity index (χ4v) is 10.0. The van der Waals surface area contributed by atoms with Crippen LogP contribution in [0.3, 0.4) is 0 Å². The number of pyridine rings is 2. The molecule has 0 saturated heterocycles. The second-order valence-electron chi connectivity index (χ2n) is 17.0. The van der Waals surface area contributed by atoms with Gasteiger partial charge in [0.1, 0.15) is 11.5 Å². The Labute approximate surface area is 330 Å². The molecule has 0 unspecified atom stereocenters. The number of benzene rings is 2. The molecule has 0 amide bonds. The van der Waals surface area contributed by atoms with Crippen LogP contribution in [0.25, 0.3) is 11.0 Å². The first-order chi connectivity index (χ1) is 27.5. The van der Waals surface area contributed by atoms with Crippen LogP contribution < -0.4 is 9.47 Å². The van der Waals surface area contributed by atoms with Crippen molar-refractivity contribution >= 4 is 11.0 Å². The molecule has 2 aromatic carbocycles. The molecule has 8 heteroatoms. The number of aromatic nitrogens is 4. The van der Waals surface area contributed by atoms with Crippen LogP contribution in [0.2, 0.25) is 0 Å². The molecule has 6 aromatic rings. The maximum absolute atomic E-state index is 11.4. The Balaban J connectivity index is 0.000000146. The van der Waals surface area contributed by atoms with Crippen molar-refractivity contribution in [2.45, 2.75) is 113 Å². The summed E-state index contributed by atoms with van der Waals surface area (Å²) in [5, 5.41) is 22.8. The number of fused-ring (bicyclic) bond motifs is 2. The molecule has 0 spiro atoms. The molecule has 2 N–H and O–H groups in total. The van der Waals surface area contributed by atoms with E-state index in [1.54, 1.807) is 14.2 Å². The number of aliphatic hydroxyl groups is 2. The van der Waals surface area contributed by atoms with Crippen LogP contribution in [0.5, 0.6) is 11.5 Å². The van der Waals surface area contributed by atoms with Crippen molar-refractivity contribution in [1.82, 2.24) is 18.8 Å². The Bertz CT molecular complexity index is 2090. The van der Waals surface area contributed by atoms with Crippen molar-refractivity contribution in [1.29, 1.82) is 0 Å². The predicted octanol–water partition coefficient (Wildman–Crippen LogP) is 10.5. The summed E-state index contributed by atoms with van der Waals surface area (Å²) in [6.07, 6.45) is 24.6. The first kappa shape index (κ1) is 36.9. The molecule has 4 aliphatic rings. The van der Waals surface area contributed by atoms with Gasteiger partial charge in [0, 0.05) is 23.5 Å². The second-order valence-corrected chi connectivity index (χ2v) is 17.0. The van der Waals surface area contributed by atoms with Gasteiger partial charge in [-0.1, -0.05) is 24.3 Å². The highest BCUT2D eigenvalue weighted by Gasteiger charge is 2.36. The molecule has 4 fully saturated rings. The van der Waals surface area contributed by atoms with E-state index in [-0.39, 0.29) is 0 Å². The monoisotopic (exact) mass is 752 g/mol. The minimum absolute atomic E-state index is 0.320. The van der Waals surface area contributed by atoms with Crippen LogP contribution >= 0.6 is 0 Å². The van der Waals surface area contributed by atoms with Gasteiger partial charge in [-0.3, -0.25) is 0 Å². The van der Waals surface area contributed by atoms with Gasteiger partial charge in [0.2, 0.25) is 0 Å². The van der Waals surface area contributed by atoms with Crippen molar-refractivity contribution in [3.8, 4) is 11.5 Å². The quantitative estimate of drug-likeness (QED) is 0.145. The van der Waals surface area contributed by atoms with Crippen molar-refractivity contribution in [2.75, 3.05) is 14.2 Å². The fourth-order valence-electron chi connectivity index (χ4n) is 10.0. The van der Waals surface area contributed by atoms with Gasteiger partial charge in [0.15, 0.2) is 0 Å². The third kappa shape index (κ3) is 7.58. The van der Waals surface area contributed by atoms with E-state index in [4.69, 9.17) is 9.47 Å². The van der Waals surface area contributed by atoms with E-state index in [0.29, 0.717) is 35.5 Å². The predicted molar refractivity (Wildman–Crippen MR) is 220 cm³/mol. The zero-order chi connectivity index (χ0) is 38.2. The molecule has 2 atom stereocenters. The average molecular weight is 753 g/mol. The standard InChI is InChI=1S/2C24H28N2O2/c2*1-28-20-4-2-3-19(13-20)16-5-9-18(10-6-16)24(27)23-21(17-7-8-17)11-12-26-15-25-14-22(23)26/h2*2-4,11-18,24,27H,5-10H2,1H3/t2*16?,18?,24-/m10/s1. The molecule has 4 aliphatic carbocycles. The summed E-state index contributed by atoms with van der Waals surface area (Å²) in [6.45, 7) is 0. The highest BCUT2D eigenvalue weighted by molar-refractivity contribution is 5.60. The molecule has 10 rings (SSSR count). The second kappa shape index (κ2) is 16.1. The van der Waals surface area contributed by atoms with E-state index in [9.17, 15) is 10.2 Å². The fraction of sp³-hybridized carbons (Fsp3) is 0.458. The lowest BCUT2D eigenvalue weighted by molar-refractivity contribution is 0.0808. The Morgan fingerprint density at radius 1 is 0.536 bits per heavy atom. The van der Waals surface area contributed by atoms with Gasteiger partial charge in [0.05, 0.1) is 62.5 Å². The van der Waals surface area contributed by atoms with Gasteiger partial charge in [-0.2, -0.15) is 0 Å². The van der Waals surface area contributed by atoms with Crippen molar-refractivity contribution < 1.29 is 19.7 Å². The van der Waals surface area contributed by atoms with Gasteiger partial charge in [-0.15, -0.1) is 0 Å². The third-order valence-electron chi connectivity index (χ3n) is 13.5. The molecule has 0 radical (unpaired) electrons. The highest BCUT2D eigenvalue weighted by Crippen LogP contribution is 2.50. The number of aliphatic hydroxyl groups excluding tert-OH is 2. The molecule has 0 aliphatic heterocycles. The summed E-state index contributed by atoms with van der Waals surface area (Å²) in [5.41, 5.74) is 9.83. The number of methoxy groups -OCH3 is 2. The smallest absolute Gasteiger partial charge is 0.119 e. The lowest BCUT2D eigenvalue weighted by Gasteiger charge is -2.33. The lowest BCUT2D eigenvalue weighted by atomic mass is 9.75. The maximum atomic E-state index is 11.4. The van der Waals surface area contributed by atoms with E-state index in [2.05, 4.69) is 70.9 Å². The number of imidazole rings is 2.